The van der Waals surface area contributed by atoms with Crippen molar-refractivity contribution < 1.29 is 49.0 Å². The summed E-state index contributed by atoms with van der Waals surface area (Å²) in [4.78, 5) is 0. The molecule has 3 aromatic carbocycles. The van der Waals surface area contributed by atoms with Crippen molar-refractivity contribution in [3.05, 3.63) is 87.0 Å². The smallest absolute Gasteiger partial charge is 1.00 e. The predicted octanol–water partition coefficient (Wildman–Crippen LogP) is 2.69. The first-order valence-corrected chi connectivity index (χ1v) is 15.7. The number of aryl methyl sites for hydroxylation is 5. The van der Waals surface area contributed by atoms with Crippen LogP contribution in [-0.2, 0) is 36.1 Å². The molecule has 0 N–H and O–H groups in total. The molecule has 8 rings (SSSR count). The second-order valence-corrected chi connectivity index (χ2v) is 12.5. The molecule has 0 spiro atoms. The van der Waals surface area contributed by atoms with Crippen LogP contribution in [0.15, 0.2) is 36.4 Å². The van der Waals surface area contributed by atoms with E-state index in [9.17, 15) is 0 Å². The van der Waals surface area contributed by atoms with Crippen molar-refractivity contribution in [2.75, 3.05) is 0 Å². The Morgan fingerprint density at radius 3 is 1.89 bits per heavy atom. The van der Waals surface area contributed by atoms with Crippen molar-refractivity contribution in [3.63, 3.8) is 0 Å². The van der Waals surface area contributed by atoms with E-state index in [4.69, 9.17) is 0 Å². The van der Waals surface area contributed by atoms with Crippen LogP contribution in [0.1, 0.15) is 83.5 Å². The quantitative estimate of drug-likeness (QED) is 0.286. The third-order valence-corrected chi connectivity index (χ3v) is 10.4. The SMILES string of the molecule is Cc1[c-]c2c(cc1C)-c1cc(C)c(C)cc1C2.Cc1cc(C2(C)C3CC4CC(C3)CC2C4)c[cH-]1.[CH2]=[Zr+2].[Cl-].[Cl-]. The third-order valence-electron chi connectivity index (χ3n) is 10.4. The van der Waals surface area contributed by atoms with Gasteiger partial charge in [-0.25, -0.2) is 6.07 Å². The Morgan fingerprint density at radius 2 is 1.34 bits per heavy atom. The van der Waals surface area contributed by atoms with Gasteiger partial charge in [0.25, 0.3) is 0 Å². The maximum atomic E-state index is 3.54. The van der Waals surface area contributed by atoms with Crippen molar-refractivity contribution in [2.24, 2.45) is 23.7 Å². The fraction of sp³-hybridized carbons (Fsp3) is 0.486. The first-order chi connectivity index (χ1) is 17.2. The van der Waals surface area contributed by atoms with Crippen molar-refractivity contribution >= 4 is 4.21 Å². The molecule has 5 aliphatic rings. The Hall–Kier alpha value is -0.877. The molecule has 0 aliphatic heterocycles. The van der Waals surface area contributed by atoms with Crippen molar-refractivity contribution in [2.45, 2.75) is 85.5 Å². The molecule has 0 atom stereocenters. The molecule has 4 saturated carbocycles. The molecule has 4 fully saturated rings. The summed E-state index contributed by atoms with van der Waals surface area (Å²) in [5, 5.41) is 0. The molecule has 4 bridgehead atoms. The Labute approximate surface area is 258 Å². The predicted molar refractivity (Wildman–Crippen MR) is 151 cm³/mol. The van der Waals surface area contributed by atoms with Crippen LogP contribution in [0.2, 0.25) is 0 Å². The Bertz CT molecular complexity index is 1200. The van der Waals surface area contributed by atoms with E-state index in [1.165, 1.54) is 100.0 Å². The first kappa shape index (κ1) is 31.6. The van der Waals surface area contributed by atoms with E-state index in [1.54, 1.807) is 12.0 Å². The van der Waals surface area contributed by atoms with Crippen molar-refractivity contribution in [1.29, 1.82) is 0 Å². The molecular formula is C35H42Cl2Zr-2. The van der Waals surface area contributed by atoms with Crippen LogP contribution >= 0.6 is 0 Å². The summed E-state index contributed by atoms with van der Waals surface area (Å²) in [6, 6.07) is 17.7. The average Bonchev–Trinajstić information content (AvgIpc) is 3.43. The van der Waals surface area contributed by atoms with Crippen LogP contribution in [0, 0.1) is 64.4 Å². The van der Waals surface area contributed by atoms with Crippen LogP contribution < -0.4 is 24.8 Å². The number of hydrogen-bond donors (Lipinski definition) is 0. The van der Waals surface area contributed by atoms with E-state index in [-0.39, 0.29) is 24.8 Å². The van der Waals surface area contributed by atoms with Gasteiger partial charge in [0.15, 0.2) is 0 Å². The van der Waals surface area contributed by atoms with Crippen LogP contribution in [0.3, 0.4) is 0 Å². The molecular weight excluding hydrogens is 583 g/mol. The van der Waals surface area contributed by atoms with Crippen LogP contribution in [0.5, 0.6) is 0 Å². The molecule has 202 valence electrons. The summed E-state index contributed by atoms with van der Waals surface area (Å²) < 4.78 is 3.34. The van der Waals surface area contributed by atoms with Gasteiger partial charge in [-0.15, -0.1) is 11.1 Å². The molecule has 0 saturated heterocycles. The van der Waals surface area contributed by atoms with Crippen LogP contribution in [0.25, 0.3) is 11.1 Å². The first-order valence-electron chi connectivity index (χ1n) is 13.9. The maximum absolute atomic E-state index is 3.54. The normalized spacial score (nSPS) is 27.1. The fourth-order valence-corrected chi connectivity index (χ4v) is 8.18. The standard InChI is InChI=1S/C17H23.C17H17.CH2.2ClH.Zr/c1-11-3-4-14(5-11)17(2)15-7-12-6-13(9-15)10-16(17)8-12;1-10-5-14-9-15-6-11(2)13(4)8-17(15)16(14)7-12(10)3;;;;/h3-5,12-13,15-16H,6-10H2,1-2H3;5,7-8H,9H2,1-4H3;1H2;2*1H;/q2*-1;;;;+2/p-2. The molecule has 0 aromatic heterocycles. The molecule has 3 heteroatoms. The van der Waals surface area contributed by atoms with Crippen molar-refractivity contribution in [3.8, 4) is 11.1 Å². The van der Waals surface area contributed by atoms with Gasteiger partial charge >= 0.3 is 28.4 Å². The van der Waals surface area contributed by atoms with Crippen LogP contribution in [-0.4, -0.2) is 4.21 Å². The Morgan fingerprint density at radius 1 is 0.789 bits per heavy atom. The number of fused-ring (bicyclic) bond motifs is 3. The average molecular weight is 625 g/mol. The topological polar surface area (TPSA) is 0 Å². The van der Waals surface area contributed by atoms with Gasteiger partial charge in [0.2, 0.25) is 0 Å². The van der Waals surface area contributed by atoms with Gasteiger partial charge in [-0.3, -0.25) is 0 Å². The van der Waals surface area contributed by atoms with Crippen molar-refractivity contribution in [1.82, 2.24) is 0 Å². The van der Waals surface area contributed by atoms with E-state index in [0.717, 1.165) is 30.1 Å². The van der Waals surface area contributed by atoms with E-state index in [0.29, 0.717) is 5.41 Å². The summed E-state index contributed by atoms with van der Waals surface area (Å²) in [5.41, 5.74) is 14.7. The summed E-state index contributed by atoms with van der Waals surface area (Å²) in [6.45, 7) is 13.5. The van der Waals surface area contributed by atoms with Gasteiger partial charge < -0.3 is 24.8 Å². The molecule has 0 heterocycles. The Kier molecular flexibility index (Phi) is 10.3. The summed E-state index contributed by atoms with van der Waals surface area (Å²) >= 11 is 1.30. The second kappa shape index (κ2) is 12.3. The third kappa shape index (κ3) is 5.51. The molecule has 0 nitrogen and oxygen atoms in total. The van der Waals surface area contributed by atoms with Gasteiger partial charge in [-0.2, -0.15) is 46.5 Å². The molecule has 38 heavy (non-hydrogen) atoms. The Balaban J connectivity index is 0.000000188. The van der Waals surface area contributed by atoms with Gasteiger partial charge in [-0.1, -0.05) is 50.8 Å². The fourth-order valence-electron chi connectivity index (χ4n) is 8.18. The van der Waals surface area contributed by atoms with E-state index >= 15 is 0 Å². The number of halogens is 2. The summed E-state index contributed by atoms with van der Waals surface area (Å²) in [6.07, 6.45) is 8.69. The second-order valence-electron chi connectivity index (χ2n) is 12.5. The van der Waals surface area contributed by atoms with Gasteiger partial charge in [-0.05, 0) is 92.7 Å². The zero-order valence-electron chi connectivity index (χ0n) is 24.0. The van der Waals surface area contributed by atoms with Gasteiger partial charge in [0.05, 0.1) is 0 Å². The van der Waals surface area contributed by atoms with Gasteiger partial charge in [0.1, 0.15) is 0 Å². The minimum atomic E-state index is 0. The molecule has 3 aromatic rings. The van der Waals surface area contributed by atoms with Gasteiger partial charge in [0, 0.05) is 0 Å². The van der Waals surface area contributed by atoms with E-state index in [1.807, 2.05) is 0 Å². The number of benzene rings is 2. The minimum absolute atomic E-state index is 0. The summed E-state index contributed by atoms with van der Waals surface area (Å²) in [5.74, 6) is 4.14. The zero-order valence-corrected chi connectivity index (χ0v) is 27.9. The monoisotopic (exact) mass is 622 g/mol. The number of hydrogen-bond acceptors (Lipinski definition) is 0. The van der Waals surface area contributed by atoms with E-state index in [2.05, 4.69) is 88.2 Å². The minimum Gasteiger partial charge on any atom is -1.00 e. The molecule has 0 amide bonds. The molecule has 0 radical (unpaired) electrons. The molecule has 0 unspecified atom stereocenters. The molecule has 5 aliphatic carbocycles. The maximum Gasteiger partial charge on any atom is -1.00 e. The van der Waals surface area contributed by atoms with Crippen LogP contribution in [0.4, 0.5) is 0 Å². The summed E-state index contributed by atoms with van der Waals surface area (Å²) in [7, 11) is 0. The van der Waals surface area contributed by atoms with E-state index < -0.39 is 0 Å². The zero-order chi connectivity index (χ0) is 25.8. The number of rotatable bonds is 1. The largest absolute Gasteiger partial charge is 1.00 e.